The third-order valence-electron chi connectivity index (χ3n) is 3.80. The molecule has 0 fully saturated rings. The van der Waals surface area contributed by atoms with Crippen molar-refractivity contribution in [3.63, 3.8) is 0 Å². The maximum Gasteiger partial charge on any atom is 0.416 e. The summed E-state index contributed by atoms with van der Waals surface area (Å²) in [4.78, 5) is 28.9. The van der Waals surface area contributed by atoms with E-state index < -0.39 is 23.0 Å². The number of hydrogen-bond acceptors (Lipinski definition) is 3. The Morgan fingerprint density at radius 1 is 1.17 bits per heavy atom. The van der Waals surface area contributed by atoms with Crippen LogP contribution in [0.5, 0.6) is 0 Å². The highest BCUT2D eigenvalue weighted by Crippen LogP contribution is 2.29. The van der Waals surface area contributed by atoms with Crippen molar-refractivity contribution in [3.8, 4) is 0 Å². The van der Waals surface area contributed by atoms with Gasteiger partial charge in [0.15, 0.2) is 11.2 Å². The van der Waals surface area contributed by atoms with Gasteiger partial charge in [-0.25, -0.2) is 9.78 Å². The van der Waals surface area contributed by atoms with Crippen LogP contribution in [-0.4, -0.2) is 18.7 Å². The highest BCUT2D eigenvalue weighted by molar-refractivity contribution is 5.69. The van der Waals surface area contributed by atoms with E-state index in [4.69, 9.17) is 0 Å². The normalized spacial score (nSPS) is 12.0. The third kappa shape index (κ3) is 2.51. The van der Waals surface area contributed by atoms with Crippen molar-refractivity contribution in [3.05, 3.63) is 62.6 Å². The number of benzene rings is 1. The lowest BCUT2D eigenvalue weighted by Crippen LogP contribution is -2.39. The topological polar surface area (TPSA) is 61.8 Å². The Bertz CT molecular complexity index is 1040. The Balaban J connectivity index is 2.17. The minimum Gasteiger partial charge on any atom is -0.328 e. The van der Waals surface area contributed by atoms with Crippen LogP contribution in [0.3, 0.4) is 0 Å². The Morgan fingerprint density at radius 2 is 1.88 bits per heavy atom. The molecule has 0 N–H and O–H groups in total. The van der Waals surface area contributed by atoms with Crippen molar-refractivity contribution >= 4 is 11.2 Å². The van der Waals surface area contributed by atoms with E-state index >= 15 is 0 Å². The van der Waals surface area contributed by atoms with E-state index in [1.54, 1.807) is 7.05 Å². The second-order valence-electron chi connectivity index (χ2n) is 5.46. The fourth-order valence-electron chi connectivity index (χ4n) is 2.56. The van der Waals surface area contributed by atoms with Gasteiger partial charge < -0.3 is 4.57 Å². The predicted octanol–water partition coefficient (Wildman–Crippen LogP) is 1.50. The lowest BCUT2D eigenvalue weighted by molar-refractivity contribution is -0.137. The number of halogens is 3. The number of fused-ring (bicyclic) bond motifs is 1. The molecule has 0 unspecified atom stereocenters. The summed E-state index contributed by atoms with van der Waals surface area (Å²) < 4.78 is 42.0. The Kier molecular flexibility index (Phi) is 3.58. The number of alkyl halides is 3. The van der Waals surface area contributed by atoms with Crippen molar-refractivity contribution in [1.29, 1.82) is 0 Å². The molecule has 24 heavy (non-hydrogen) atoms. The van der Waals surface area contributed by atoms with Crippen LogP contribution in [0, 0.1) is 0 Å². The molecule has 0 spiro atoms. The van der Waals surface area contributed by atoms with Crippen molar-refractivity contribution in [2.75, 3.05) is 0 Å². The summed E-state index contributed by atoms with van der Waals surface area (Å²) in [6.45, 7) is -0.253. The average molecular weight is 338 g/mol. The lowest BCUT2D eigenvalue weighted by Gasteiger charge is -2.11. The zero-order valence-corrected chi connectivity index (χ0v) is 12.8. The highest BCUT2D eigenvalue weighted by Gasteiger charge is 2.30. The standard InChI is InChI=1S/C15H13F3N4O2/c1-20-8-19-12-11(20)13(23)22(14(24)21(12)2)7-9-4-3-5-10(6-9)15(16,17)18/h3-6,8H,7H2,1-2H3. The van der Waals surface area contributed by atoms with E-state index in [2.05, 4.69) is 4.98 Å². The molecule has 6 nitrogen and oxygen atoms in total. The quantitative estimate of drug-likeness (QED) is 0.711. The molecular formula is C15H13F3N4O2. The molecule has 3 aromatic rings. The van der Waals surface area contributed by atoms with Crippen LogP contribution in [-0.2, 0) is 26.8 Å². The summed E-state index contributed by atoms with van der Waals surface area (Å²) in [6, 6.07) is 4.55. The van der Waals surface area contributed by atoms with Crippen LogP contribution in [0.1, 0.15) is 11.1 Å². The maximum absolute atomic E-state index is 12.8. The van der Waals surface area contributed by atoms with Gasteiger partial charge in [-0.3, -0.25) is 13.9 Å². The molecule has 3 rings (SSSR count). The first-order valence-corrected chi connectivity index (χ1v) is 6.97. The summed E-state index contributed by atoms with van der Waals surface area (Å²) in [6.07, 6.45) is -3.09. The molecule has 0 atom stereocenters. The molecule has 0 bridgehead atoms. The number of nitrogens with zero attached hydrogens (tertiary/aromatic N) is 4. The van der Waals surface area contributed by atoms with Crippen LogP contribution in [0.25, 0.3) is 11.2 Å². The summed E-state index contributed by atoms with van der Waals surface area (Å²) in [5.41, 5.74) is -1.40. The predicted molar refractivity (Wildman–Crippen MR) is 80.8 cm³/mol. The number of rotatable bonds is 2. The van der Waals surface area contributed by atoms with Crippen molar-refractivity contribution < 1.29 is 13.2 Å². The zero-order chi connectivity index (χ0) is 17.6. The zero-order valence-electron chi connectivity index (χ0n) is 12.8. The second-order valence-corrected chi connectivity index (χ2v) is 5.46. The van der Waals surface area contributed by atoms with Crippen LogP contribution in [0.2, 0.25) is 0 Å². The molecule has 0 radical (unpaired) electrons. The largest absolute Gasteiger partial charge is 0.416 e. The van der Waals surface area contributed by atoms with E-state index in [9.17, 15) is 22.8 Å². The monoisotopic (exact) mass is 338 g/mol. The Morgan fingerprint density at radius 3 is 2.54 bits per heavy atom. The summed E-state index contributed by atoms with van der Waals surface area (Å²) >= 11 is 0. The minimum atomic E-state index is -4.49. The fraction of sp³-hybridized carbons (Fsp3) is 0.267. The molecule has 0 aliphatic heterocycles. The average Bonchev–Trinajstić information content (AvgIpc) is 2.91. The molecule has 126 valence electrons. The van der Waals surface area contributed by atoms with Crippen LogP contribution >= 0.6 is 0 Å². The number of aryl methyl sites for hydroxylation is 2. The fourth-order valence-corrected chi connectivity index (χ4v) is 2.56. The smallest absolute Gasteiger partial charge is 0.328 e. The van der Waals surface area contributed by atoms with Gasteiger partial charge in [-0.15, -0.1) is 0 Å². The molecule has 0 amide bonds. The first kappa shape index (κ1) is 16.0. The first-order chi connectivity index (χ1) is 11.2. The Hall–Kier alpha value is -2.84. The molecule has 0 saturated carbocycles. The molecule has 9 heteroatoms. The molecule has 0 aliphatic rings. The number of hydrogen-bond donors (Lipinski definition) is 0. The Labute approximate surface area is 133 Å². The van der Waals surface area contributed by atoms with Gasteiger partial charge in [-0.2, -0.15) is 13.2 Å². The van der Waals surface area contributed by atoms with E-state index in [-0.39, 0.29) is 23.3 Å². The van der Waals surface area contributed by atoms with Crippen molar-refractivity contribution in [2.45, 2.75) is 12.7 Å². The van der Waals surface area contributed by atoms with Gasteiger partial charge in [-0.05, 0) is 17.7 Å². The van der Waals surface area contributed by atoms with Gasteiger partial charge in [0.25, 0.3) is 5.56 Å². The molecule has 2 aromatic heterocycles. The summed E-state index contributed by atoms with van der Waals surface area (Å²) in [5, 5.41) is 0. The number of imidazole rings is 1. The van der Waals surface area contributed by atoms with E-state index in [0.29, 0.717) is 0 Å². The van der Waals surface area contributed by atoms with Crippen molar-refractivity contribution in [2.24, 2.45) is 14.1 Å². The molecular weight excluding hydrogens is 325 g/mol. The van der Waals surface area contributed by atoms with Crippen molar-refractivity contribution in [1.82, 2.24) is 18.7 Å². The van der Waals surface area contributed by atoms with Crippen LogP contribution in [0.15, 0.2) is 40.2 Å². The summed E-state index contributed by atoms with van der Waals surface area (Å²) in [7, 11) is 3.07. The minimum absolute atomic E-state index is 0.212. The van der Waals surface area contributed by atoms with E-state index in [0.717, 1.165) is 16.7 Å². The molecule has 0 aliphatic carbocycles. The van der Waals surface area contributed by atoms with Crippen LogP contribution < -0.4 is 11.2 Å². The summed E-state index contributed by atoms with van der Waals surface area (Å²) in [5.74, 6) is 0. The molecule has 0 saturated heterocycles. The van der Waals surface area contributed by atoms with Gasteiger partial charge >= 0.3 is 11.9 Å². The van der Waals surface area contributed by atoms with Gasteiger partial charge in [0.05, 0.1) is 18.4 Å². The van der Waals surface area contributed by atoms with Gasteiger partial charge in [0.1, 0.15) is 0 Å². The molecule has 1 aromatic carbocycles. The molecule has 2 heterocycles. The number of aromatic nitrogens is 4. The second kappa shape index (κ2) is 5.36. The SMILES string of the molecule is Cn1cnc2c1c(=O)n(Cc1cccc(C(F)(F)F)c1)c(=O)n2C. The van der Waals surface area contributed by atoms with Gasteiger partial charge in [0.2, 0.25) is 0 Å². The lowest BCUT2D eigenvalue weighted by atomic mass is 10.1. The van der Waals surface area contributed by atoms with E-state index in [1.807, 2.05) is 0 Å². The third-order valence-corrected chi connectivity index (χ3v) is 3.80. The van der Waals surface area contributed by atoms with Gasteiger partial charge in [-0.1, -0.05) is 12.1 Å². The van der Waals surface area contributed by atoms with E-state index in [1.165, 1.54) is 34.6 Å². The van der Waals surface area contributed by atoms with Crippen LogP contribution in [0.4, 0.5) is 13.2 Å². The van der Waals surface area contributed by atoms with Gasteiger partial charge in [0, 0.05) is 14.1 Å². The first-order valence-electron chi connectivity index (χ1n) is 6.97. The highest BCUT2D eigenvalue weighted by atomic mass is 19.4. The maximum atomic E-state index is 12.8.